The summed E-state index contributed by atoms with van der Waals surface area (Å²) >= 11 is 12.3. The van der Waals surface area contributed by atoms with Crippen molar-refractivity contribution in [2.45, 2.75) is 44.2 Å². The first-order valence-electron chi connectivity index (χ1n) is 12.8. The highest BCUT2D eigenvalue weighted by Gasteiger charge is 2.32. The van der Waals surface area contributed by atoms with Crippen molar-refractivity contribution in [3.63, 3.8) is 0 Å². The van der Waals surface area contributed by atoms with E-state index in [2.05, 4.69) is 5.32 Å². The van der Waals surface area contributed by atoms with Crippen molar-refractivity contribution >= 4 is 50.7 Å². The zero-order valence-corrected chi connectivity index (χ0v) is 25.0. The monoisotopic (exact) mass is 605 g/mol. The van der Waals surface area contributed by atoms with E-state index in [0.29, 0.717) is 33.6 Å². The van der Waals surface area contributed by atoms with Gasteiger partial charge in [0.25, 0.3) is 10.0 Å². The summed E-state index contributed by atoms with van der Waals surface area (Å²) in [6.07, 6.45) is 1.69. The Morgan fingerprint density at radius 1 is 0.975 bits per heavy atom. The second-order valence-electron chi connectivity index (χ2n) is 9.11. The molecule has 11 heteroatoms. The molecule has 0 aliphatic carbocycles. The van der Waals surface area contributed by atoms with Gasteiger partial charge in [-0.05, 0) is 67.4 Å². The molecule has 3 aromatic rings. The third-order valence-corrected chi connectivity index (χ3v) is 8.83. The number of rotatable bonds is 13. The van der Waals surface area contributed by atoms with Gasteiger partial charge in [0.05, 0.1) is 27.7 Å². The highest BCUT2D eigenvalue weighted by atomic mass is 35.5. The Morgan fingerprint density at radius 3 is 2.25 bits per heavy atom. The Bertz CT molecular complexity index is 1400. The molecule has 0 bridgehead atoms. The summed E-state index contributed by atoms with van der Waals surface area (Å²) < 4.78 is 33.8. The van der Waals surface area contributed by atoms with Gasteiger partial charge >= 0.3 is 0 Å². The van der Waals surface area contributed by atoms with Crippen LogP contribution in [0.1, 0.15) is 32.3 Å². The van der Waals surface area contributed by atoms with E-state index < -0.39 is 28.5 Å². The average Bonchev–Trinajstić information content (AvgIpc) is 2.96. The highest BCUT2D eigenvalue weighted by molar-refractivity contribution is 7.92. The molecule has 40 heavy (non-hydrogen) atoms. The van der Waals surface area contributed by atoms with Gasteiger partial charge in [0.1, 0.15) is 18.3 Å². The molecule has 0 saturated carbocycles. The molecular weight excluding hydrogens is 573 g/mol. The van der Waals surface area contributed by atoms with Crippen molar-refractivity contribution in [1.29, 1.82) is 0 Å². The fourth-order valence-electron chi connectivity index (χ4n) is 3.95. The number of anilines is 1. The van der Waals surface area contributed by atoms with Gasteiger partial charge in [-0.15, -0.1) is 0 Å². The summed E-state index contributed by atoms with van der Waals surface area (Å²) in [4.78, 5) is 28.3. The van der Waals surface area contributed by atoms with Gasteiger partial charge in [0, 0.05) is 13.1 Å². The molecular formula is C29H33Cl2N3O5S. The number of unbranched alkanes of at least 4 members (excludes halogenated alkanes) is 1. The first-order valence-corrected chi connectivity index (χ1v) is 15.0. The second-order valence-corrected chi connectivity index (χ2v) is 11.8. The molecule has 0 aliphatic rings. The minimum atomic E-state index is -4.17. The SMILES string of the molecule is CCCCNC(=O)[C@H](C)N(Cc1ccc(Cl)c(Cl)c1)C(=O)CN(c1ccccc1)S(=O)(=O)c1ccc(OC)cc1. The van der Waals surface area contributed by atoms with Crippen LogP contribution in [0.15, 0.2) is 77.7 Å². The zero-order chi connectivity index (χ0) is 29.3. The van der Waals surface area contributed by atoms with Crippen LogP contribution in [0.25, 0.3) is 0 Å². The molecule has 0 aromatic heterocycles. The van der Waals surface area contributed by atoms with Crippen LogP contribution in [0.2, 0.25) is 10.0 Å². The number of sulfonamides is 1. The van der Waals surface area contributed by atoms with Crippen LogP contribution in [0.5, 0.6) is 5.75 Å². The lowest BCUT2D eigenvalue weighted by Crippen LogP contribution is -2.51. The van der Waals surface area contributed by atoms with E-state index in [-0.39, 0.29) is 17.3 Å². The molecule has 1 atom stereocenters. The van der Waals surface area contributed by atoms with Crippen LogP contribution in [0.4, 0.5) is 5.69 Å². The number of methoxy groups -OCH3 is 1. The lowest BCUT2D eigenvalue weighted by atomic mass is 10.1. The highest BCUT2D eigenvalue weighted by Crippen LogP contribution is 2.27. The second kappa shape index (κ2) is 14.4. The topological polar surface area (TPSA) is 96.0 Å². The summed E-state index contributed by atoms with van der Waals surface area (Å²) in [6, 6.07) is 18.3. The first-order chi connectivity index (χ1) is 19.1. The quantitative estimate of drug-likeness (QED) is 0.258. The largest absolute Gasteiger partial charge is 0.497 e. The van der Waals surface area contributed by atoms with Gasteiger partial charge in [0.2, 0.25) is 11.8 Å². The van der Waals surface area contributed by atoms with Crippen LogP contribution in [0, 0.1) is 0 Å². The maximum atomic E-state index is 13.9. The van der Waals surface area contributed by atoms with E-state index in [0.717, 1.165) is 17.1 Å². The zero-order valence-electron chi connectivity index (χ0n) is 22.6. The van der Waals surface area contributed by atoms with Gasteiger partial charge < -0.3 is 15.0 Å². The number of benzene rings is 3. The fraction of sp³-hybridized carbons (Fsp3) is 0.310. The van der Waals surface area contributed by atoms with Crippen LogP contribution >= 0.6 is 23.2 Å². The van der Waals surface area contributed by atoms with E-state index in [4.69, 9.17) is 27.9 Å². The maximum Gasteiger partial charge on any atom is 0.264 e. The summed E-state index contributed by atoms with van der Waals surface area (Å²) in [7, 11) is -2.68. The molecule has 0 saturated heterocycles. The Morgan fingerprint density at radius 2 is 1.65 bits per heavy atom. The first kappa shape index (κ1) is 31.3. The fourth-order valence-corrected chi connectivity index (χ4v) is 5.69. The van der Waals surface area contributed by atoms with Crippen molar-refractivity contribution in [2.75, 3.05) is 24.5 Å². The number of nitrogens with zero attached hydrogens (tertiary/aromatic N) is 2. The maximum absolute atomic E-state index is 13.9. The molecule has 3 rings (SSSR count). The predicted molar refractivity (Wildman–Crippen MR) is 158 cm³/mol. The van der Waals surface area contributed by atoms with Crippen molar-refractivity contribution in [3.05, 3.63) is 88.4 Å². The molecule has 2 amide bonds. The van der Waals surface area contributed by atoms with E-state index in [1.807, 2.05) is 6.92 Å². The van der Waals surface area contributed by atoms with Gasteiger partial charge in [-0.25, -0.2) is 8.42 Å². The van der Waals surface area contributed by atoms with E-state index in [9.17, 15) is 18.0 Å². The molecule has 0 aliphatic heterocycles. The average molecular weight is 607 g/mol. The molecule has 1 N–H and O–H groups in total. The Hall–Kier alpha value is -3.27. The minimum Gasteiger partial charge on any atom is -0.497 e. The van der Waals surface area contributed by atoms with Gasteiger partial charge in [-0.2, -0.15) is 0 Å². The van der Waals surface area contributed by atoms with Crippen molar-refractivity contribution in [1.82, 2.24) is 10.2 Å². The number of ether oxygens (including phenoxy) is 1. The van der Waals surface area contributed by atoms with Crippen molar-refractivity contribution < 1.29 is 22.7 Å². The Labute approximate surface area is 245 Å². The number of hydrogen-bond donors (Lipinski definition) is 1. The molecule has 0 fully saturated rings. The smallest absolute Gasteiger partial charge is 0.264 e. The van der Waals surface area contributed by atoms with Crippen LogP contribution in [0.3, 0.4) is 0 Å². The van der Waals surface area contributed by atoms with Gasteiger partial charge in [0.15, 0.2) is 0 Å². The van der Waals surface area contributed by atoms with Gasteiger partial charge in [-0.3, -0.25) is 13.9 Å². The third-order valence-electron chi connectivity index (χ3n) is 6.30. The summed E-state index contributed by atoms with van der Waals surface area (Å²) in [6.45, 7) is 3.57. The Kier molecular flexibility index (Phi) is 11.2. The van der Waals surface area contributed by atoms with Crippen molar-refractivity contribution in [2.24, 2.45) is 0 Å². The number of carbonyl (C=O) groups is 2. The predicted octanol–water partition coefficient (Wildman–Crippen LogP) is 5.53. The molecule has 8 nitrogen and oxygen atoms in total. The van der Waals surface area contributed by atoms with Crippen LogP contribution < -0.4 is 14.4 Å². The molecule has 3 aromatic carbocycles. The summed E-state index contributed by atoms with van der Waals surface area (Å²) in [5.74, 6) is -0.409. The number of carbonyl (C=O) groups excluding carboxylic acids is 2. The molecule has 0 unspecified atom stereocenters. The Balaban J connectivity index is 1.99. The number of para-hydroxylation sites is 1. The van der Waals surface area contributed by atoms with Crippen LogP contribution in [-0.2, 0) is 26.2 Å². The van der Waals surface area contributed by atoms with Crippen LogP contribution in [-0.4, -0.2) is 51.4 Å². The standard InChI is InChI=1S/C29H33Cl2N3O5S/c1-4-5-17-32-29(36)21(2)33(19-22-11-16-26(30)27(31)18-22)28(35)20-34(23-9-7-6-8-10-23)40(37,38)25-14-12-24(39-3)13-15-25/h6-16,18,21H,4-5,17,19-20H2,1-3H3,(H,32,36)/t21-/m0/s1. The molecule has 0 spiro atoms. The molecule has 214 valence electrons. The minimum absolute atomic E-state index is 0.00802. The number of hydrogen-bond acceptors (Lipinski definition) is 5. The normalized spacial score (nSPS) is 11.9. The third kappa shape index (κ3) is 7.90. The van der Waals surface area contributed by atoms with E-state index >= 15 is 0 Å². The molecule has 0 heterocycles. The summed E-state index contributed by atoms with van der Waals surface area (Å²) in [5, 5.41) is 3.51. The molecule has 0 radical (unpaired) electrons. The van der Waals surface area contributed by atoms with Crippen molar-refractivity contribution in [3.8, 4) is 5.75 Å². The lowest BCUT2D eigenvalue weighted by molar-refractivity contribution is -0.139. The summed E-state index contributed by atoms with van der Waals surface area (Å²) in [5.41, 5.74) is 0.946. The van der Waals surface area contributed by atoms with Gasteiger partial charge in [-0.1, -0.05) is 60.8 Å². The van der Waals surface area contributed by atoms with E-state index in [1.54, 1.807) is 55.5 Å². The van der Waals surface area contributed by atoms with E-state index in [1.165, 1.54) is 36.3 Å². The number of amides is 2. The number of halogens is 2. The number of nitrogens with one attached hydrogen (secondary N) is 1. The lowest BCUT2D eigenvalue weighted by Gasteiger charge is -2.32.